The van der Waals surface area contributed by atoms with E-state index in [0.29, 0.717) is 12.1 Å². The summed E-state index contributed by atoms with van der Waals surface area (Å²) in [5.74, 6) is 1.70. The van der Waals surface area contributed by atoms with Crippen LogP contribution >= 0.6 is 0 Å². The largest absolute Gasteiger partial charge is 0.311 e. The summed E-state index contributed by atoms with van der Waals surface area (Å²) < 4.78 is 0. The van der Waals surface area contributed by atoms with Gasteiger partial charge in [-0.05, 0) is 38.5 Å². The van der Waals surface area contributed by atoms with Crippen molar-refractivity contribution in [3.05, 3.63) is 0 Å². The van der Waals surface area contributed by atoms with E-state index in [2.05, 4.69) is 33.0 Å². The topological polar surface area (TPSA) is 12.0 Å². The lowest BCUT2D eigenvalue weighted by Gasteiger charge is -2.21. The van der Waals surface area contributed by atoms with E-state index in [1.54, 1.807) is 0 Å². The van der Waals surface area contributed by atoms with Crippen molar-refractivity contribution in [2.75, 3.05) is 0 Å². The Labute approximate surface area is 70.6 Å². The van der Waals surface area contributed by atoms with Crippen molar-refractivity contribution in [3.8, 4) is 0 Å². The molecule has 11 heavy (non-hydrogen) atoms. The Kier molecular flexibility index (Phi) is 2.94. The fourth-order valence-electron chi connectivity index (χ4n) is 1.77. The quantitative estimate of drug-likeness (QED) is 0.566. The molecule has 0 bridgehead atoms. The average molecular weight is 155 g/mol. The number of nitrogens with one attached hydrogen (secondary N) is 1. The van der Waals surface area contributed by atoms with E-state index in [0.717, 1.165) is 11.8 Å². The fraction of sp³-hybridized carbons (Fsp3) is 1.00. The molecule has 1 rings (SSSR count). The van der Waals surface area contributed by atoms with Gasteiger partial charge >= 0.3 is 0 Å². The van der Waals surface area contributed by atoms with Crippen LogP contribution in [-0.4, -0.2) is 12.1 Å². The van der Waals surface area contributed by atoms with Crippen molar-refractivity contribution in [3.63, 3.8) is 0 Å². The first kappa shape index (κ1) is 9.05. The van der Waals surface area contributed by atoms with Crippen LogP contribution in [0, 0.1) is 11.8 Å². The lowest BCUT2D eigenvalue weighted by Crippen LogP contribution is -2.38. The molecule has 0 aromatic carbocycles. The highest BCUT2D eigenvalue weighted by molar-refractivity contribution is 4.80. The minimum absolute atomic E-state index is 0.704. The maximum absolute atomic E-state index is 3.64. The van der Waals surface area contributed by atoms with Gasteiger partial charge in [0, 0.05) is 12.1 Å². The Morgan fingerprint density at radius 1 is 0.818 bits per heavy atom. The SMILES string of the molecule is CC1CCC(C)C(C)NC1C. The molecule has 1 heterocycles. The molecule has 1 heteroatoms. The van der Waals surface area contributed by atoms with Gasteiger partial charge in [-0.25, -0.2) is 0 Å². The van der Waals surface area contributed by atoms with E-state index < -0.39 is 0 Å². The molecule has 0 radical (unpaired) electrons. The van der Waals surface area contributed by atoms with Crippen LogP contribution in [0.3, 0.4) is 0 Å². The zero-order chi connectivity index (χ0) is 8.43. The Morgan fingerprint density at radius 2 is 1.18 bits per heavy atom. The smallest absolute Gasteiger partial charge is 0.00669 e. The highest BCUT2D eigenvalue weighted by Gasteiger charge is 2.23. The standard InChI is InChI=1S/C10H21N/c1-7-5-6-8(2)10(4)11-9(7)3/h7-11H,5-6H2,1-4H3. The highest BCUT2D eigenvalue weighted by atomic mass is 15.0. The second-order valence-corrected chi connectivity index (χ2v) is 4.28. The maximum Gasteiger partial charge on any atom is 0.00669 e. The van der Waals surface area contributed by atoms with E-state index in [4.69, 9.17) is 0 Å². The van der Waals surface area contributed by atoms with Gasteiger partial charge in [-0.3, -0.25) is 0 Å². The van der Waals surface area contributed by atoms with Gasteiger partial charge in [-0.1, -0.05) is 13.8 Å². The Bertz CT molecular complexity index is 108. The van der Waals surface area contributed by atoms with Crippen molar-refractivity contribution < 1.29 is 0 Å². The van der Waals surface area contributed by atoms with E-state index in [-0.39, 0.29) is 0 Å². The van der Waals surface area contributed by atoms with Gasteiger partial charge in [0.15, 0.2) is 0 Å². The van der Waals surface area contributed by atoms with E-state index >= 15 is 0 Å². The van der Waals surface area contributed by atoms with Crippen LogP contribution in [0.5, 0.6) is 0 Å². The zero-order valence-electron chi connectivity index (χ0n) is 8.22. The first-order valence-electron chi connectivity index (χ1n) is 4.87. The molecular formula is C10H21N. The van der Waals surface area contributed by atoms with E-state index in [9.17, 15) is 0 Å². The van der Waals surface area contributed by atoms with Crippen molar-refractivity contribution in [1.29, 1.82) is 0 Å². The maximum atomic E-state index is 3.64. The summed E-state index contributed by atoms with van der Waals surface area (Å²) in [5.41, 5.74) is 0. The Morgan fingerprint density at radius 3 is 1.55 bits per heavy atom. The summed E-state index contributed by atoms with van der Waals surface area (Å²) in [6.45, 7) is 9.31. The normalized spacial score (nSPS) is 46.9. The summed E-state index contributed by atoms with van der Waals surface area (Å²) >= 11 is 0. The van der Waals surface area contributed by atoms with Gasteiger partial charge < -0.3 is 5.32 Å². The molecule has 1 saturated heterocycles. The van der Waals surface area contributed by atoms with Crippen LogP contribution in [-0.2, 0) is 0 Å². The summed E-state index contributed by atoms with van der Waals surface area (Å²) in [6, 6.07) is 1.41. The first-order chi connectivity index (χ1) is 5.11. The third-order valence-corrected chi connectivity index (χ3v) is 3.31. The monoisotopic (exact) mass is 155 g/mol. The Hall–Kier alpha value is -0.0400. The predicted molar refractivity (Wildman–Crippen MR) is 49.6 cm³/mol. The molecule has 1 fully saturated rings. The second kappa shape index (κ2) is 3.57. The van der Waals surface area contributed by atoms with Gasteiger partial charge in [0.1, 0.15) is 0 Å². The predicted octanol–water partition coefficient (Wildman–Crippen LogP) is 2.42. The third-order valence-electron chi connectivity index (χ3n) is 3.31. The molecule has 1 N–H and O–H groups in total. The van der Waals surface area contributed by atoms with Crippen LogP contribution < -0.4 is 5.32 Å². The third kappa shape index (κ3) is 2.19. The molecular weight excluding hydrogens is 134 g/mol. The average Bonchev–Trinajstić information content (AvgIpc) is 2.05. The van der Waals surface area contributed by atoms with Crippen LogP contribution in [0.25, 0.3) is 0 Å². The Balaban J connectivity index is 2.51. The molecule has 4 atom stereocenters. The van der Waals surface area contributed by atoms with Gasteiger partial charge in [-0.2, -0.15) is 0 Å². The molecule has 66 valence electrons. The fourth-order valence-corrected chi connectivity index (χ4v) is 1.77. The molecule has 0 aromatic rings. The minimum Gasteiger partial charge on any atom is -0.311 e. The first-order valence-corrected chi connectivity index (χ1v) is 4.87. The van der Waals surface area contributed by atoms with Gasteiger partial charge in [0.25, 0.3) is 0 Å². The molecule has 4 unspecified atom stereocenters. The summed E-state index contributed by atoms with van der Waals surface area (Å²) in [4.78, 5) is 0. The van der Waals surface area contributed by atoms with Gasteiger partial charge in [0.05, 0.1) is 0 Å². The zero-order valence-corrected chi connectivity index (χ0v) is 8.22. The highest BCUT2D eigenvalue weighted by Crippen LogP contribution is 2.22. The van der Waals surface area contributed by atoms with Crippen LogP contribution in [0.15, 0.2) is 0 Å². The molecule has 0 saturated carbocycles. The van der Waals surface area contributed by atoms with E-state index in [1.807, 2.05) is 0 Å². The van der Waals surface area contributed by atoms with Crippen molar-refractivity contribution in [2.24, 2.45) is 11.8 Å². The van der Waals surface area contributed by atoms with Crippen molar-refractivity contribution in [2.45, 2.75) is 52.6 Å². The number of hydrogen-bond acceptors (Lipinski definition) is 1. The van der Waals surface area contributed by atoms with Crippen molar-refractivity contribution in [1.82, 2.24) is 5.32 Å². The molecule has 1 aliphatic heterocycles. The summed E-state index contributed by atoms with van der Waals surface area (Å²) in [7, 11) is 0. The van der Waals surface area contributed by atoms with Gasteiger partial charge in [0.2, 0.25) is 0 Å². The number of hydrogen-bond donors (Lipinski definition) is 1. The summed E-state index contributed by atoms with van der Waals surface area (Å²) in [6.07, 6.45) is 2.78. The molecule has 0 aromatic heterocycles. The molecule has 0 amide bonds. The summed E-state index contributed by atoms with van der Waals surface area (Å²) in [5, 5.41) is 3.64. The molecule has 1 nitrogen and oxygen atoms in total. The van der Waals surface area contributed by atoms with Crippen molar-refractivity contribution >= 4 is 0 Å². The van der Waals surface area contributed by atoms with Crippen LogP contribution in [0.4, 0.5) is 0 Å². The van der Waals surface area contributed by atoms with E-state index in [1.165, 1.54) is 12.8 Å². The minimum atomic E-state index is 0.704. The lowest BCUT2D eigenvalue weighted by molar-refractivity contribution is 0.371. The molecule has 1 aliphatic rings. The van der Waals surface area contributed by atoms with Crippen LogP contribution in [0.1, 0.15) is 40.5 Å². The number of rotatable bonds is 0. The van der Waals surface area contributed by atoms with Gasteiger partial charge in [-0.15, -0.1) is 0 Å². The molecule has 0 aliphatic carbocycles. The second-order valence-electron chi connectivity index (χ2n) is 4.28. The van der Waals surface area contributed by atoms with Crippen LogP contribution in [0.2, 0.25) is 0 Å². The lowest BCUT2D eigenvalue weighted by atomic mass is 9.95. The molecule has 0 spiro atoms.